The Hall–Kier alpha value is -1.43. The first-order chi connectivity index (χ1) is 9.10. The summed E-state index contributed by atoms with van der Waals surface area (Å²) in [5.74, 6) is -0.251. The highest BCUT2D eigenvalue weighted by Gasteiger charge is 2.34. The SMILES string of the molecule is CCCCN1C[C@@H](C(=O)Nc2nc(C)cs2)CC1=O. The average Bonchev–Trinajstić information content (AvgIpc) is 2.93. The number of amides is 2. The summed E-state index contributed by atoms with van der Waals surface area (Å²) in [5.41, 5.74) is 0.896. The predicted molar refractivity (Wildman–Crippen MR) is 75.1 cm³/mol. The predicted octanol–water partition coefficient (Wildman–Crippen LogP) is 2.04. The number of carbonyl (C=O) groups excluding carboxylic acids is 2. The molecule has 2 amide bonds. The number of carbonyl (C=O) groups is 2. The van der Waals surface area contributed by atoms with E-state index in [0.717, 1.165) is 25.1 Å². The minimum Gasteiger partial charge on any atom is -0.342 e. The number of aryl methyl sites for hydroxylation is 1. The van der Waals surface area contributed by atoms with Crippen LogP contribution in [0.15, 0.2) is 5.38 Å². The quantitative estimate of drug-likeness (QED) is 0.898. The lowest BCUT2D eigenvalue weighted by molar-refractivity contribution is -0.128. The first-order valence-electron chi connectivity index (χ1n) is 6.61. The summed E-state index contributed by atoms with van der Waals surface area (Å²) in [6, 6.07) is 0. The standard InChI is InChI=1S/C13H19N3O2S/c1-3-4-5-16-7-10(6-11(16)17)12(18)15-13-14-9(2)8-19-13/h8,10H,3-7H2,1-2H3,(H,14,15,18)/t10-/m0/s1. The number of unbranched alkanes of at least 4 members (excludes halogenated alkanes) is 1. The lowest BCUT2D eigenvalue weighted by Gasteiger charge is -2.15. The molecule has 104 valence electrons. The maximum Gasteiger partial charge on any atom is 0.231 e. The molecule has 0 aromatic carbocycles. The molecule has 0 bridgehead atoms. The molecule has 1 saturated heterocycles. The monoisotopic (exact) mass is 281 g/mol. The molecule has 1 aromatic heterocycles. The van der Waals surface area contributed by atoms with Crippen LogP contribution in [0.2, 0.25) is 0 Å². The molecule has 0 spiro atoms. The van der Waals surface area contributed by atoms with E-state index < -0.39 is 0 Å². The number of anilines is 1. The highest BCUT2D eigenvalue weighted by atomic mass is 32.1. The van der Waals surface area contributed by atoms with Crippen LogP contribution >= 0.6 is 11.3 Å². The highest BCUT2D eigenvalue weighted by molar-refractivity contribution is 7.13. The van der Waals surface area contributed by atoms with E-state index in [0.29, 0.717) is 18.1 Å². The number of nitrogens with one attached hydrogen (secondary N) is 1. The van der Waals surface area contributed by atoms with Crippen LogP contribution in [0.4, 0.5) is 5.13 Å². The van der Waals surface area contributed by atoms with E-state index in [1.165, 1.54) is 11.3 Å². The molecule has 1 N–H and O–H groups in total. The minimum atomic E-state index is -0.242. The van der Waals surface area contributed by atoms with Crippen LogP contribution in [0.5, 0.6) is 0 Å². The molecular weight excluding hydrogens is 262 g/mol. The molecular formula is C13H19N3O2S. The Morgan fingerprint density at radius 1 is 1.63 bits per heavy atom. The lowest BCUT2D eigenvalue weighted by Crippen LogP contribution is -2.29. The van der Waals surface area contributed by atoms with E-state index in [-0.39, 0.29) is 17.7 Å². The maximum absolute atomic E-state index is 12.1. The van der Waals surface area contributed by atoms with Crippen LogP contribution in [0, 0.1) is 12.8 Å². The molecule has 6 heteroatoms. The normalized spacial score (nSPS) is 18.9. The Kier molecular flexibility index (Phi) is 4.52. The zero-order valence-corrected chi connectivity index (χ0v) is 12.1. The van der Waals surface area contributed by atoms with Crippen molar-refractivity contribution in [2.24, 2.45) is 5.92 Å². The fourth-order valence-corrected chi connectivity index (χ4v) is 2.82. The van der Waals surface area contributed by atoms with Gasteiger partial charge in [0.05, 0.1) is 11.6 Å². The molecule has 2 heterocycles. The Morgan fingerprint density at radius 2 is 2.42 bits per heavy atom. The van der Waals surface area contributed by atoms with Crippen LogP contribution < -0.4 is 5.32 Å². The van der Waals surface area contributed by atoms with Gasteiger partial charge in [-0.25, -0.2) is 4.98 Å². The number of hydrogen-bond donors (Lipinski definition) is 1. The van der Waals surface area contributed by atoms with Crippen molar-refractivity contribution in [2.45, 2.75) is 33.1 Å². The minimum absolute atomic E-state index is 0.0870. The Balaban J connectivity index is 1.89. The molecule has 0 radical (unpaired) electrons. The second kappa shape index (κ2) is 6.14. The number of rotatable bonds is 5. The summed E-state index contributed by atoms with van der Waals surface area (Å²) in [7, 11) is 0. The summed E-state index contributed by atoms with van der Waals surface area (Å²) < 4.78 is 0. The molecule has 0 saturated carbocycles. The van der Waals surface area contributed by atoms with E-state index in [4.69, 9.17) is 0 Å². The van der Waals surface area contributed by atoms with Gasteiger partial charge in [-0.05, 0) is 13.3 Å². The topological polar surface area (TPSA) is 62.3 Å². The molecule has 5 nitrogen and oxygen atoms in total. The van der Waals surface area contributed by atoms with E-state index in [1.807, 2.05) is 12.3 Å². The van der Waals surface area contributed by atoms with Crippen LogP contribution in [0.3, 0.4) is 0 Å². The molecule has 0 aliphatic carbocycles. The van der Waals surface area contributed by atoms with Gasteiger partial charge in [0, 0.05) is 24.9 Å². The van der Waals surface area contributed by atoms with E-state index in [2.05, 4.69) is 17.2 Å². The molecule has 2 rings (SSSR count). The van der Waals surface area contributed by atoms with Crippen LogP contribution in [0.25, 0.3) is 0 Å². The van der Waals surface area contributed by atoms with E-state index >= 15 is 0 Å². The third kappa shape index (κ3) is 3.53. The third-order valence-electron chi connectivity index (χ3n) is 3.22. The summed E-state index contributed by atoms with van der Waals surface area (Å²) >= 11 is 1.41. The smallest absolute Gasteiger partial charge is 0.231 e. The first-order valence-corrected chi connectivity index (χ1v) is 7.49. The first kappa shape index (κ1) is 14.0. The molecule has 0 unspecified atom stereocenters. The van der Waals surface area contributed by atoms with Gasteiger partial charge in [0.15, 0.2) is 5.13 Å². The van der Waals surface area contributed by atoms with Gasteiger partial charge in [-0.1, -0.05) is 13.3 Å². The van der Waals surface area contributed by atoms with Crippen LogP contribution in [-0.2, 0) is 9.59 Å². The maximum atomic E-state index is 12.1. The number of likely N-dealkylation sites (tertiary alicyclic amines) is 1. The zero-order valence-electron chi connectivity index (χ0n) is 11.3. The van der Waals surface area contributed by atoms with Gasteiger partial charge in [-0.15, -0.1) is 11.3 Å². The summed E-state index contributed by atoms with van der Waals surface area (Å²) in [5, 5.41) is 5.30. The van der Waals surface area contributed by atoms with Crippen LogP contribution in [-0.4, -0.2) is 34.8 Å². The number of aromatic nitrogens is 1. The number of hydrogen-bond acceptors (Lipinski definition) is 4. The van der Waals surface area contributed by atoms with Crippen molar-refractivity contribution >= 4 is 28.3 Å². The molecule has 19 heavy (non-hydrogen) atoms. The van der Waals surface area contributed by atoms with Crippen molar-refractivity contribution < 1.29 is 9.59 Å². The Labute approximate surface area is 117 Å². The van der Waals surface area contributed by atoms with Gasteiger partial charge < -0.3 is 10.2 Å². The van der Waals surface area contributed by atoms with E-state index in [1.54, 1.807) is 4.90 Å². The average molecular weight is 281 g/mol. The van der Waals surface area contributed by atoms with Crippen molar-refractivity contribution in [1.82, 2.24) is 9.88 Å². The molecule has 1 fully saturated rings. The van der Waals surface area contributed by atoms with Crippen molar-refractivity contribution in [3.63, 3.8) is 0 Å². The van der Waals surface area contributed by atoms with Gasteiger partial charge >= 0.3 is 0 Å². The molecule has 1 aliphatic rings. The molecule has 1 aliphatic heterocycles. The van der Waals surface area contributed by atoms with Gasteiger partial charge in [-0.2, -0.15) is 0 Å². The number of thiazole rings is 1. The van der Waals surface area contributed by atoms with E-state index in [9.17, 15) is 9.59 Å². The van der Waals surface area contributed by atoms with Gasteiger partial charge in [0.25, 0.3) is 0 Å². The fourth-order valence-electron chi connectivity index (χ4n) is 2.13. The lowest BCUT2D eigenvalue weighted by atomic mass is 10.1. The fraction of sp³-hybridized carbons (Fsp3) is 0.615. The second-order valence-electron chi connectivity index (χ2n) is 4.88. The summed E-state index contributed by atoms with van der Waals surface area (Å²) in [6.45, 7) is 5.28. The largest absolute Gasteiger partial charge is 0.342 e. The molecule has 1 atom stereocenters. The molecule has 1 aromatic rings. The Bertz CT molecular complexity index is 472. The van der Waals surface area contributed by atoms with Gasteiger partial charge in [-0.3, -0.25) is 9.59 Å². The van der Waals surface area contributed by atoms with Crippen molar-refractivity contribution in [3.05, 3.63) is 11.1 Å². The van der Waals surface area contributed by atoms with Gasteiger partial charge in [0.1, 0.15) is 0 Å². The van der Waals surface area contributed by atoms with Crippen molar-refractivity contribution in [1.29, 1.82) is 0 Å². The van der Waals surface area contributed by atoms with Crippen molar-refractivity contribution in [2.75, 3.05) is 18.4 Å². The second-order valence-corrected chi connectivity index (χ2v) is 5.74. The van der Waals surface area contributed by atoms with Crippen LogP contribution in [0.1, 0.15) is 31.9 Å². The third-order valence-corrected chi connectivity index (χ3v) is 4.09. The van der Waals surface area contributed by atoms with Gasteiger partial charge in [0.2, 0.25) is 11.8 Å². The van der Waals surface area contributed by atoms with Crippen molar-refractivity contribution in [3.8, 4) is 0 Å². The summed E-state index contributed by atoms with van der Waals surface area (Å²) in [6.07, 6.45) is 2.37. The zero-order chi connectivity index (χ0) is 13.8. The highest BCUT2D eigenvalue weighted by Crippen LogP contribution is 2.21. The number of nitrogens with zero attached hydrogens (tertiary/aromatic N) is 2. The Morgan fingerprint density at radius 3 is 3.05 bits per heavy atom. The summed E-state index contributed by atoms with van der Waals surface area (Å²) in [4.78, 5) is 29.8.